The molecule has 0 aliphatic rings. The molecule has 1 heterocycles. The van der Waals surface area contributed by atoms with Crippen molar-refractivity contribution in [3.8, 4) is 5.75 Å². The first-order valence-electron chi connectivity index (χ1n) is 5.81. The number of rotatable bonds is 4. The van der Waals surface area contributed by atoms with E-state index < -0.39 is 0 Å². The maximum Gasteiger partial charge on any atom is 0.168 e. The van der Waals surface area contributed by atoms with E-state index in [4.69, 9.17) is 4.74 Å². The Morgan fingerprint density at radius 3 is 2.67 bits per heavy atom. The van der Waals surface area contributed by atoms with Gasteiger partial charge in [0.05, 0.1) is 7.11 Å². The summed E-state index contributed by atoms with van der Waals surface area (Å²) in [6.07, 6.45) is 0.391. The smallest absolute Gasteiger partial charge is 0.168 e. The Morgan fingerprint density at radius 2 is 2.06 bits per heavy atom. The van der Waals surface area contributed by atoms with Gasteiger partial charge >= 0.3 is 0 Å². The van der Waals surface area contributed by atoms with Crippen LogP contribution in [0.3, 0.4) is 0 Å². The van der Waals surface area contributed by atoms with E-state index >= 15 is 0 Å². The number of methoxy groups -OCH3 is 1. The van der Waals surface area contributed by atoms with E-state index in [9.17, 15) is 4.79 Å². The summed E-state index contributed by atoms with van der Waals surface area (Å²) in [6.45, 7) is 3.99. The van der Waals surface area contributed by atoms with Gasteiger partial charge in [0.2, 0.25) is 0 Å². The molecule has 0 N–H and O–H groups in total. The summed E-state index contributed by atoms with van der Waals surface area (Å²) in [4.78, 5) is 12.2. The zero-order valence-electron chi connectivity index (χ0n) is 10.8. The van der Waals surface area contributed by atoms with Crippen LogP contribution < -0.4 is 4.74 Å². The molecule has 1 aromatic carbocycles. The van der Waals surface area contributed by atoms with Crippen molar-refractivity contribution in [2.45, 2.75) is 20.3 Å². The first kappa shape index (κ1) is 12.8. The number of aryl methyl sites for hydroxylation is 2. The molecule has 0 unspecified atom stereocenters. The number of carbonyl (C=O) groups excluding carboxylic acids is 1. The quantitative estimate of drug-likeness (QED) is 0.782. The van der Waals surface area contributed by atoms with Crippen LogP contribution in [0.25, 0.3) is 0 Å². The van der Waals surface area contributed by atoms with Gasteiger partial charge in [0.1, 0.15) is 5.75 Å². The maximum atomic E-state index is 12.2. The van der Waals surface area contributed by atoms with Crippen LogP contribution in [0.2, 0.25) is 0 Å². The van der Waals surface area contributed by atoms with Crippen LogP contribution in [0.5, 0.6) is 5.75 Å². The number of thiophene rings is 1. The predicted molar refractivity (Wildman–Crippen MR) is 74.8 cm³/mol. The first-order valence-corrected chi connectivity index (χ1v) is 6.75. The second-order valence-electron chi connectivity index (χ2n) is 4.38. The van der Waals surface area contributed by atoms with Gasteiger partial charge in [0.25, 0.3) is 0 Å². The number of hydrogen-bond donors (Lipinski definition) is 0. The van der Waals surface area contributed by atoms with Crippen molar-refractivity contribution >= 4 is 17.1 Å². The Balaban J connectivity index is 2.27. The summed E-state index contributed by atoms with van der Waals surface area (Å²) >= 11 is 1.57. The van der Waals surface area contributed by atoms with Crippen LogP contribution in [0.4, 0.5) is 0 Å². The summed E-state index contributed by atoms with van der Waals surface area (Å²) in [6, 6.07) is 5.92. The van der Waals surface area contributed by atoms with Crippen molar-refractivity contribution in [1.82, 2.24) is 0 Å². The standard InChI is InChI=1S/C15H16O2S/c1-10-4-5-15(17-3)12(6-10)7-14(16)13-9-18-8-11(13)2/h4-6,8-9H,7H2,1-3H3. The van der Waals surface area contributed by atoms with E-state index in [0.29, 0.717) is 6.42 Å². The average molecular weight is 260 g/mol. The van der Waals surface area contributed by atoms with Crippen molar-refractivity contribution in [3.63, 3.8) is 0 Å². The fourth-order valence-corrected chi connectivity index (χ4v) is 2.81. The van der Waals surface area contributed by atoms with Gasteiger partial charge in [0, 0.05) is 22.9 Å². The molecule has 2 aromatic rings. The Bertz CT molecular complexity index is 570. The lowest BCUT2D eigenvalue weighted by molar-refractivity contribution is 0.0992. The minimum Gasteiger partial charge on any atom is -0.496 e. The predicted octanol–water partition coefficient (Wildman–Crippen LogP) is 3.80. The van der Waals surface area contributed by atoms with E-state index in [2.05, 4.69) is 0 Å². The maximum absolute atomic E-state index is 12.2. The Hall–Kier alpha value is -1.61. The van der Waals surface area contributed by atoms with Crippen LogP contribution in [0, 0.1) is 13.8 Å². The monoisotopic (exact) mass is 260 g/mol. The third-order valence-electron chi connectivity index (χ3n) is 2.94. The summed E-state index contributed by atoms with van der Waals surface area (Å²) in [5.74, 6) is 0.930. The molecule has 0 saturated heterocycles. The molecule has 0 bridgehead atoms. The van der Waals surface area contributed by atoms with E-state index in [1.165, 1.54) is 0 Å². The molecule has 94 valence electrons. The van der Waals surface area contributed by atoms with Gasteiger partial charge in [0.15, 0.2) is 5.78 Å². The minimum atomic E-state index is 0.151. The largest absolute Gasteiger partial charge is 0.496 e. The Kier molecular flexibility index (Phi) is 3.82. The summed E-state index contributed by atoms with van der Waals surface area (Å²) in [5.41, 5.74) is 3.97. The van der Waals surface area contributed by atoms with Gasteiger partial charge in [-0.15, -0.1) is 0 Å². The van der Waals surface area contributed by atoms with Crippen molar-refractivity contribution < 1.29 is 9.53 Å². The van der Waals surface area contributed by atoms with Crippen LogP contribution in [-0.4, -0.2) is 12.9 Å². The number of carbonyl (C=O) groups is 1. The lowest BCUT2D eigenvalue weighted by Crippen LogP contribution is -2.05. The molecule has 2 nitrogen and oxygen atoms in total. The van der Waals surface area contributed by atoms with Crippen LogP contribution >= 0.6 is 11.3 Å². The van der Waals surface area contributed by atoms with E-state index in [1.54, 1.807) is 18.4 Å². The van der Waals surface area contributed by atoms with Gasteiger partial charge in [-0.3, -0.25) is 4.79 Å². The fourth-order valence-electron chi connectivity index (χ4n) is 1.96. The molecule has 0 saturated carbocycles. The zero-order valence-corrected chi connectivity index (χ0v) is 11.6. The molecule has 0 fully saturated rings. The third-order valence-corrected chi connectivity index (χ3v) is 3.80. The number of ether oxygens (including phenoxy) is 1. The second-order valence-corrected chi connectivity index (χ2v) is 5.13. The molecule has 2 rings (SSSR count). The van der Waals surface area contributed by atoms with E-state index in [0.717, 1.165) is 28.0 Å². The molecule has 18 heavy (non-hydrogen) atoms. The number of hydrogen-bond acceptors (Lipinski definition) is 3. The van der Waals surface area contributed by atoms with Crippen molar-refractivity contribution in [2.24, 2.45) is 0 Å². The van der Waals surface area contributed by atoms with Crippen molar-refractivity contribution in [3.05, 3.63) is 51.2 Å². The van der Waals surface area contributed by atoms with Crippen LogP contribution in [0.1, 0.15) is 27.0 Å². The van der Waals surface area contributed by atoms with E-state index in [-0.39, 0.29) is 5.78 Å². The number of ketones is 1. The first-order chi connectivity index (χ1) is 8.61. The Labute approximate surface area is 111 Å². The summed E-state index contributed by atoms with van der Waals surface area (Å²) in [5, 5.41) is 3.92. The third kappa shape index (κ3) is 2.62. The molecule has 0 amide bonds. The van der Waals surface area contributed by atoms with Gasteiger partial charge in [-0.25, -0.2) is 0 Å². The van der Waals surface area contributed by atoms with E-state index in [1.807, 2.05) is 42.8 Å². The molecule has 0 spiro atoms. The SMILES string of the molecule is COc1ccc(C)cc1CC(=O)c1cscc1C. The molecule has 0 radical (unpaired) electrons. The minimum absolute atomic E-state index is 0.151. The van der Waals surface area contributed by atoms with Gasteiger partial charge in [-0.2, -0.15) is 11.3 Å². The van der Waals surface area contributed by atoms with Crippen LogP contribution in [0.15, 0.2) is 29.0 Å². The molecule has 3 heteroatoms. The highest BCUT2D eigenvalue weighted by molar-refractivity contribution is 7.08. The van der Waals surface area contributed by atoms with Crippen molar-refractivity contribution in [2.75, 3.05) is 7.11 Å². The molecule has 1 aromatic heterocycles. The molecule has 0 aliphatic carbocycles. The van der Waals surface area contributed by atoms with Crippen LogP contribution in [-0.2, 0) is 6.42 Å². The molecular formula is C15H16O2S. The number of Topliss-reactive ketones (excluding diaryl/α,β-unsaturated/α-hetero) is 1. The topological polar surface area (TPSA) is 26.3 Å². The highest BCUT2D eigenvalue weighted by atomic mass is 32.1. The fraction of sp³-hybridized carbons (Fsp3) is 0.267. The Morgan fingerprint density at radius 1 is 1.28 bits per heavy atom. The van der Waals surface area contributed by atoms with Gasteiger partial charge in [-0.05, 0) is 30.9 Å². The lowest BCUT2D eigenvalue weighted by atomic mass is 10.0. The molecule has 0 atom stereocenters. The highest BCUT2D eigenvalue weighted by Gasteiger charge is 2.13. The summed E-state index contributed by atoms with van der Waals surface area (Å²) < 4.78 is 5.30. The zero-order chi connectivity index (χ0) is 13.1. The number of benzene rings is 1. The second kappa shape index (κ2) is 5.36. The van der Waals surface area contributed by atoms with Gasteiger partial charge < -0.3 is 4.74 Å². The lowest BCUT2D eigenvalue weighted by Gasteiger charge is -2.08. The van der Waals surface area contributed by atoms with Gasteiger partial charge in [-0.1, -0.05) is 17.7 Å². The average Bonchev–Trinajstić information content (AvgIpc) is 2.76. The molecule has 0 aliphatic heterocycles. The van der Waals surface area contributed by atoms with Crippen molar-refractivity contribution in [1.29, 1.82) is 0 Å². The molecular weight excluding hydrogens is 244 g/mol. The highest BCUT2D eigenvalue weighted by Crippen LogP contribution is 2.23. The normalized spacial score (nSPS) is 10.4. The summed E-state index contributed by atoms with van der Waals surface area (Å²) in [7, 11) is 1.63.